The minimum atomic E-state index is 0.165. The standard InChI is InChI=1S/C11H12O3/c1-9(8-12)5-6-14-11-4-2-3-10(13)7-11/h2-5,7-8,13H,6H2,1H3/b9-5+. The molecule has 0 fully saturated rings. The fraction of sp³-hybridized carbons (Fsp3) is 0.182. The average molecular weight is 192 g/mol. The Morgan fingerprint density at radius 3 is 3.00 bits per heavy atom. The van der Waals surface area contributed by atoms with Crippen LogP contribution in [0, 0.1) is 0 Å². The summed E-state index contributed by atoms with van der Waals surface area (Å²) in [5.41, 5.74) is 0.630. The lowest BCUT2D eigenvalue weighted by Crippen LogP contribution is -1.94. The lowest BCUT2D eigenvalue weighted by molar-refractivity contribution is -0.104. The van der Waals surface area contributed by atoms with Gasteiger partial charge in [-0.3, -0.25) is 4.79 Å². The van der Waals surface area contributed by atoms with Crippen LogP contribution in [0.2, 0.25) is 0 Å². The monoisotopic (exact) mass is 192 g/mol. The molecule has 1 rings (SSSR count). The quantitative estimate of drug-likeness (QED) is 0.585. The number of carbonyl (C=O) groups excluding carboxylic acids is 1. The first-order chi connectivity index (χ1) is 6.72. The fourth-order valence-corrected chi connectivity index (χ4v) is 0.891. The number of aldehydes is 1. The fourth-order valence-electron chi connectivity index (χ4n) is 0.891. The Morgan fingerprint density at radius 2 is 2.36 bits per heavy atom. The first-order valence-corrected chi connectivity index (χ1v) is 4.26. The lowest BCUT2D eigenvalue weighted by Gasteiger charge is -2.02. The second kappa shape index (κ2) is 5.07. The van der Waals surface area contributed by atoms with E-state index in [0.29, 0.717) is 17.9 Å². The van der Waals surface area contributed by atoms with Gasteiger partial charge in [0.1, 0.15) is 24.4 Å². The highest BCUT2D eigenvalue weighted by Crippen LogP contribution is 2.17. The molecule has 0 heterocycles. The highest BCUT2D eigenvalue weighted by molar-refractivity contribution is 5.71. The molecule has 0 bridgehead atoms. The van der Waals surface area contributed by atoms with E-state index >= 15 is 0 Å². The number of phenolic OH excluding ortho intramolecular Hbond substituents is 1. The van der Waals surface area contributed by atoms with Crippen molar-refractivity contribution >= 4 is 6.29 Å². The van der Waals surface area contributed by atoms with Crippen molar-refractivity contribution in [3.63, 3.8) is 0 Å². The zero-order valence-corrected chi connectivity index (χ0v) is 7.93. The van der Waals surface area contributed by atoms with Crippen molar-refractivity contribution in [1.82, 2.24) is 0 Å². The number of hydrogen-bond donors (Lipinski definition) is 1. The SMILES string of the molecule is C/C(C=O)=C\COc1cccc(O)c1. The van der Waals surface area contributed by atoms with Gasteiger partial charge in [-0.2, -0.15) is 0 Å². The van der Waals surface area contributed by atoms with Gasteiger partial charge in [-0.1, -0.05) is 6.07 Å². The van der Waals surface area contributed by atoms with Crippen molar-refractivity contribution in [3.8, 4) is 11.5 Å². The van der Waals surface area contributed by atoms with Gasteiger partial charge in [-0.15, -0.1) is 0 Å². The van der Waals surface area contributed by atoms with Crippen molar-refractivity contribution in [2.75, 3.05) is 6.61 Å². The minimum absolute atomic E-state index is 0.165. The van der Waals surface area contributed by atoms with E-state index in [2.05, 4.69) is 0 Å². The number of aromatic hydroxyl groups is 1. The zero-order chi connectivity index (χ0) is 10.4. The Morgan fingerprint density at radius 1 is 1.57 bits per heavy atom. The van der Waals surface area contributed by atoms with Gasteiger partial charge in [-0.25, -0.2) is 0 Å². The third-order valence-electron chi connectivity index (χ3n) is 1.66. The molecule has 0 saturated heterocycles. The predicted molar refractivity (Wildman–Crippen MR) is 53.4 cm³/mol. The number of phenols is 1. The van der Waals surface area contributed by atoms with Crippen molar-refractivity contribution in [3.05, 3.63) is 35.9 Å². The van der Waals surface area contributed by atoms with E-state index in [4.69, 9.17) is 9.84 Å². The first kappa shape index (κ1) is 10.3. The van der Waals surface area contributed by atoms with E-state index in [1.807, 2.05) is 0 Å². The molecule has 0 atom stereocenters. The second-order valence-corrected chi connectivity index (χ2v) is 2.87. The first-order valence-electron chi connectivity index (χ1n) is 4.26. The van der Waals surface area contributed by atoms with Gasteiger partial charge in [0.15, 0.2) is 0 Å². The number of hydrogen-bond acceptors (Lipinski definition) is 3. The number of benzene rings is 1. The highest BCUT2D eigenvalue weighted by Gasteiger charge is 1.93. The van der Waals surface area contributed by atoms with E-state index in [0.717, 1.165) is 6.29 Å². The van der Waals surface area contributed by atoms with Crippen LogP contribution >= 0.6 is 0 Å². The van der Waals surface area contributed by atoms with E-state index < -0.39 is 0 Å². The van der Waals surface area contributed by atoms with Gasteiger partial charge in [0, 0.05) is 6.07 Å². The molecule has 3 heteroatoms. The van der Waals surface area contributed by atoms with E-state index in [1.54, 1.807) is 31.2 Å². The number of carbonyl (C=O) groups is 1. The van der Waals surface area contributed by atoms with Crippen LogP contribution in [-0.2, 0) is 4.79 Å². The van der Waals surface area contributed by atoms with Gasteiger partial charge in [0.2, 0.25) is 0 Å². The molecule has 0 amide bonds. The van der Waals surface area contributed by atoms with Crippen molar-refractivity contribution < 1.29 is 14.6 Å². The molecule has 3 nitrogen and oxygen atoms in total. The largest absolute Gasteiger partial charge is 0.508 e. The average Bonchev–Trinajstić information content (AvgIpc) is 2.17. The highest BCUT2D eigenvalue weighted by atomic mass is 16.5. The molecule has 0 radical (unpaired) electrons. The molecule has 0 aliphatic heterocycles. The lowest BCUT2D eigenvalue weighted by atomic mass is 10.3. The predicted octanol–water partition coefficient (Wildman–Crippen LogP) is 1.92. The van der Waals surface area contributed by atoms with Gasteiger partial charge in [-0.05, 0) is 30.7 Å². The Bertz CT molecular complexity index is 342. The van der Waals surface area contributed by atoms with Crippen LogP contribution in [0.3, 0.4) is 0 Å². The van der Waals surface area contributed by atoms with Crippen molar-refractivity contribution in [1.29, 1.82) is 0 Å². The molecule has 0 aliphatic rings. The Balaban J connectivity index is 2.50. The van der Waals surface area contributed by atoms with Crippen LogP contribution in [0.5, 0.6) is 11.5 Å². The third kappa shape index (κ3) is 3.31. The van der Waals surface area contributed by atoms with E-state index in [9.17, 15) is 4.79 Å². The summed E-state index contributed by atoms with van der Waals surface area (Å²) in [6, 6.07) is 6.52. The summed E-state index contributed by atoms with van der Waals surface area (Å²) in [6.07, 6.45) is 2.45. The topological polar surface area (TPSA) is 46.5 Å². The maximum absolute atomic E-state index is 10.2. The molecular formula is C11H12O3. The summed E-state index contributed by atoms with van der Waals surface area (Å²) in [4.78, 5) is 10.2. The molecule has 0 aliphatic carbocycles. The van der Waals surface area contributed by atoms with Gasteiger partial charge >= 0.3 is 0 Å². The molecule has 1 N–H and O–H groups in total. The van der Waals surface area contributed by atoms with Crippen LogP contribution in [0.1, 0.15) is 6.92 Å². The molecule has 0 aromatic heterocycles. The Kier molecular flexibility index (Phi) is 3.73. The maximum Gasteiger partial charge on any atom is 0.145 e. The maximum atomic E-state index is 10.2. The summed E-state index contributed by atoms with van der Waals surface area (Å²) < 4.78 is 5.26. The number of rotatable bonds is 4. The zero-order valence-electron chi connectivity index (χ0n) is 7.93. The van der Waals surface area contributed by atoms with E-state index in [-0.39, 0.29) is 5.75 Å². The van der Waals surface area contributed by atoms with Crippen molar-refractivity contribution in [2.45, 2.75) is 6.92 Å². The second-order valence-electron chi connectivity index (χ2n) is 2.87. The van der Waals surface area contributed by atoms with Crippen molar-refractivity contribution in [2.24, 2.45) is 0 Å². The number of ether oxygens (including phenoxy) is 1. The van der Waals surface area contributed by atoms with E-state index in [1.165, 1.54) is 6.07 Å². The summed E-state index contributed by atoms with van der Waals surface area (Å²) in [5.74, 6) is 0.749. The van der Waals surface area contributed by atoms with Crippen LogP contribution in [-0.4, -0.2) is 18.0 Å². The summed E-state index contributed by atoms with van der Waals surface area (Å²) in [5, 5.41) is 9.12. The summed E-state index contributed by atoms with van der Waals surface area (Å²) in [6.45, 7) is 2.03. The molecule has 0 saturated carbocycles. The Hall–Kier alpha value is -1.77. The minimum Gasteiger partial charge on any atom is -0.508 e. The molecule has 74 valence electrons. The molecule has 0 unspecified atom stereocenters. The molecular weight excluding hydrogens is 180 g/mol. The molecule has 0 spiro atoms. The van der Waals surface area contributed by atoms with Crippen LogP contribution in [0.4, 0.5) is 0 Å². The number of allylic oxidation sites excluding steroid dienone is 1. The molecule has 1 aromatic rings. The third-order valence-corrected chi connectivity index (χ3v) is 1.66. The summed E-state index contributed by atoms with van der Waals surface area (Å²) >= 11 is 0. The summed E-state index contributed by atoms with van der Waals surface area (Å²) in [7, 11) is 0. The molecule has 14 heavy (non-hydrogen) atoms. The van der Waals surface area contributed by atoms with Crippen LogP contribution in [0.15, 0.2) is 35.9 Å². The van der Waals surface area contributed by atoms with Gasteiger partial charge < -0.3 is 9.84 Å². The smallest absolute Gasteiger partial charge is 0.145 e. The van der Waals surface area contributed by atoms with Crippen LogP contribution in [0.25, 0.3) is 0 Å². The van der Waals surface area contributed by atoms with Gasteiger partial charge in [0.25, 0.3) is 0 Å². The molecule has 1 aromatic carbocycles. The normalized spacial score (nSPS) is 11.1. The van der Waals surface area contributed by atoms with Crippen LogP contribution < -0.4 is 4.74 Å². The van der Waals surface area contributed by atoms with Gasteiger partial charge in [0.05, 0.1) is 0 Å². The Labute approximate surface area is 82.6 Å².